The van der Waals surface area contributed by atoms with Gasteiger partial charge in [0.25, 0.3) is 0 Å². The van der Waals surface area contributed by atoms with Crippen molar-refractivity contribution in [3.63, 3.8) is 0 Å². The Hall–Kier alpha value is -0.570. The van der Waals surface area contributed by atoms with Crippen LogP contribution < -0.4 is 5.32 Å². The first-order valence-electron chi connectivity index (χ1n) is 6.73. The molecule has 0 saturated heterocycles. The Morgan fingerprint density at radius 2 is 2.06 bits per heavy atom. The lowest BCUT2D eigenvalue weighted by Crippen LogP contribution is -2.42. The quantitative estimate of drug-likeness (QED) is 0.715. The first-order valence-corrected chi connectivity index (χ1v) is 6.73. The van der Waals surface area contributed by atoms with E-state index < -0.39 is 0 Å². The molecule has 2 saturated carbocycles. The SMILES string of the molecule is CCC(C)NCC(=O)N(CC1CC1)C1CC1. The van der Waals surface area contributed by atoms with E-state index in [0.29, 0.717) is 24.5 Å². The predicted molar refractivity (Wildman–Crippen MR) is 65.2 cm³/mol. The average molecular weight is 224 g/mol. The van der Waals surface area contributed by atoms with Gasteiger partial charge in [-0.25, -0.2) is 0 Å². The number of nitrogens with one attached hydrogen (secondary N) is 1. The maximum Gasteiger partial charge on any atom is 0.236 e. The number of nitrogens with zero attached hydrogens (tertiary/aromatic N) is 1. The fourth-order valence-electron chi connectivity index (χ4n) is 1.93. The summed E-state index contributed by atoms with van der Waals surface area (Å²) in [6.45, 7) is 5.82. The van der Waals surface area contributed by atoms with Gasteiger partial charge in [0, 0.05) is 18.6 Å². The molecule has 1 atom stereocenters. The Balaban J connectivity index is 1.74. The second kappa shape index (κ2) is 5.17. The fraction of sp³-hybridized carbons (Fsp3) is 0.923. The van der Waals surface area contributed by atoms with Crippen molar-refractivity contribution in [1.82, 2.24) is 10.2 Å². The van der Waals surface area contributed by atoms with Gasteiger partial charge in [-0.2, -0.15) is 0 Å². The molecule has 1 N–H and O–H groups in total. The molecule has 0 aromatic carbocycles. The van der Waals surface area contributed by atoms with Gasteiger partial charge in [0.05, 0.1) is 6.54 Å². The van der Waals surface area contributed by atoms with Crippen molar-refractivity contribution in [2.75, 3.05) is 13.1 Å². The highest BCUT2D eigenvalue weighted by molar-refractivity contribution is 5.79. The summed E-state index contributed by atoms with van der Waals surface area (Å²) in [5.74, 6) is 1.13. The van der Waals surface area contributed by atoms with Gasteiger partial charge in [0.15, 0.2) is 0 Å². The molecule has 92 valence electrons. The Bertz CT molecular complexity index is 246. The first-order chi connectivity index (χ1) is 7.70. The topological polar surface area (TPSA) is 32.3 Å². The Morgan fingerprint density at radius 3 is 2.56 bits per heavy atom. The fourth-order valence-corrected chi connectivity index (χ4v) is 1.93. The molecule has 0 aromatic heterocycles. The van der Waals surface area contributed by atoms with Crippen molar-refractivity contribution in [1.29, 1.82) is 0 Å². The Morgan fingerprint density at radius 1 is 1.38 bits per heavy atom. The summed E-state index contributed by atoms with van der Waals surface area (Å²) in [5.41, 5.74) is 0. The molecule has 2 fully saturated rings. The maximum atomic E-state index is 12.1. The molecule has 0 spiro atoms. The van der Waals surface area contributed by atoms with Gasteiger partial charge in [-0.15, -0.1) is 0 Å². The molecule has 2 aliphatic carbocycles. The zero-order valence-electron chi connectivity index (χ0n) is 10.5. The van der Waals surface area contributed by atoms with E-state index in [1.807, 2.05) is 0 Å². The van der Waals surface area contributed by atoms with E-state index >= 15 is 0 Å². The van der Waals surface area contributed by atoms with Gasteiger partial charge in [0.1, 0.15) is 0 Å². The smallest absolute Gasteiger partial charge is 0.236 e. The van der Waals surface area contributed by atoms with Gasteiger partial charge >= 0.3 is 0 Å². The third-order valence-electron chi connectivity index (χ3n) is 3.67. The van der Waals surface area contributed by atoms with Crippen molar-refractivity contribution in [3.05, 3.63) is 0 Å². The summed E-state index contributed by atoms with van der Waals surface area (Å²) in [7, 11) is 0. The van der Waals surface area contributed by atoms with Gasteiger partial charge < -0.3 is 10.2 Å². The van der Waals surface area contributed by atoms with E-state index in [1.165, 1.54) is 25.7 Å². The van der Waals surface area contributed by atoms with Crippen LogP contribution in [0.2, 0.25) is 0 Å². The molecule has 0 radical (unpaired) electrons. The van der Waals surface area contributed by atoms with Crippen LogP contribution in [0.25, 0.3) is 0 Å². The van der Waals surface area contributed by atoms with E-state index in [-0.39, 0.29) is 0 Å². The third-order valence-corrected chi connectivity index (χ3v) is 3.67. The molecular weight excluding hydrogens is 200 g/mol. The maximum absolute atomic E-state index is 12.1. The summed E-state index contributed by atoms with van der Waals surface area (Å²) in [6, 6.07) is 1.03. The van der Waals surface area contributed by atoms with E-state index in [4.69, 9.17) is 0 Å². The molecule has 3 nitrogen and oxygen atoms in total. The van der Waals surface area contributed by atoms with Crippen molar-refractivity contribution in [2.45, 2.75) is 58.0 Å². The minimum Gasteiger partial charge on any atom is -0.338 e. The highest BCUT2D eigenvalue weighted by Crippen LogP contribution is 2.34. The molecule has 2 aliphatic rings. The third kappa shape index (κ3) is 3.48. The molecule has 0 bridgehead atoms. The number of rotatable bonds is 7. The summed E-state index contributed by atoms with van der Waals surface area (Å²) in [5, 5.41) is 3.30. The molecule has 2 rings (SSSR count). The molecule has 0 heterocycles. The minimum absolute atomic E-state index is 0.315. The van der Waals surface area contributed by atoms with Gasteiger partial charge in [0.2, 0.25) is 5.91 Å². The van der Waals surface area contributed by atoms with Crippen molar-refractivity contribution in [2.24, 2.45) is 5.92 Å². The average Bonchev–Trinajstić information content (AvgIpc) is 3.14. The van der Waals surface area contributed by atoms with Crippen LogP contribution in [-0.2, 0) is 4.79 Å². The number of hydrogen-bond acceptors (Lipinski definition) is 2. The highest BCUT2D eigenvalue weighted by Gasteiger charge is 2.36. The van der Waals surface area contributed by atoms with Crippen molar-refractivity contribution < 1.29 is 4.79 Å². The standard InChI is InChI=1S/C13H24N2O/c1-3-10(2)14-8-13(16)15(12-6-7-12)9-11-4-5-11/h10-12,14H,3-9H2,1-2H3. The molecule has 0 aliphatic heterocycles. The van der Waals surface area contributed by atoms with E-state index in [1.54, 1.807) is 0 Å². The van der Waals surface area contributed by atoms with Crippen LogP contribution in [0.3, 0.4) is 0 Å². The van der Waals surface area contributed by atoms with Crippen molar-refractivity contribution in [3.8, 4) is 0 Å². The molecule has 1 amide bonds. The molecular formula is C13H24N2O. The van der Waals surface area contributed by atoms with Crippen LogP contribution in [0.15, 0.2) is 0 Å². The van der Waals surface area contributed by atoms with Gasteiger partial charge in [-0.3, -0.25) is 4.79 Å². The van der Waals surface area contributed by atoms with Crippen LogP contribution in [0.1, 0.15) is 46.0 Å². The monoisotopic (exact) mass is 224 g/mol. The summed E-state index contributed by atoms with van der Waals surface area (Å²) >= 11 is 0. The molecule has 0 aromatic rings. The van der Waals surface area contributed by atoms with E-state index in [2.05, 4.69) is 24.1 Å². The summed E-state index contributed by atoms with van der Waals surface area (Å²) in [6.07, 6.45) is 6.19. The van der Waals surface area contributed by atoms with Gasteiger partial charge in [-0.1, -0.05) is 6.92 Å². The number of carbonyl (C=O) groups is 1. The lowest BCUT2D eigenvalue weighted by atomic mass is 10.2. The summed E-state index contributed by atoms with van der Waals surface area (Å²) in [4.78, 5) is 14.2. The van der Waals surface area contributed by atoms with E-state index in [0.717, 1.165) is 18.9 Å². The minimum atomic E-state index is 0.315. The number of amides is 1. The predicted octanol–water partition coefficient (Wildman–Crippen LogP) is 1.78. The Kier molecular flexibility index (Phi) is 3.85. The molecule has 3 heteroatoms. The molecule has 16 heavy (non-hydrogen) atoms. The van der Waals surface area contributed by atoms with Crippen LogP contribution in [0.5, 0.6) is 0 Å². The van der Waals surface area contributed by atoms with Crippen LogP contribution in [-0.4, -0.2) is 36.0 Å². The normalized spacial score (nSPS) is 21.9. The molecule has 1 unspecified atom stereocenters. The number of hydrogen-bond donors (Lipinski definition) is 1. The first kappa shape index (κ1) is 11.9. The second-order valence-corrected chi connectivity index (χ2v) is 5.41. The zero-order chi connectivity index (χ0) is 11.5. The zero-order valence-corrected chi connectivity index (χ0v) is 10.5. The Labute approximate surface area is 98.6 Å². The highest BCUT2D eigenvalue weighted by atomic mass is 16.2. The van der Waals surface area contributed by atoms with Gasteiger partial charge in [-0.05, 0) is 44.9 Å². The van der Waals surface area contributed by atoms with Crippen LogP contribution in [0, 0.1) is 5.92 Å². The number of carbonyl (C=O) groups excluding carboxylic acids is 1. The lowest BCUT2D eigenvalue weighted by Gasteiger charge is -2.23. The van der Waals surface area contributed by atoms with Crippen molar-refractivity contribution >= 4 is 5.91 Å². The second-order valence-electron chi connectivity index (χ2n) is 5.41. The summed E-state index contributed by atoms with van der Waals surface area (Å²) < 4.78 is 0. The largest absolute Gasteiger partial charge is 0.338 e. The lowest BCUT2D eigenvalue weighted by molar-refractivity contribution is -0.131. The van der Waals surface area contributed by atoms with Crippen LogP contribution in [0.4, 0.5) is 0 Å². The van der Waals surface area contributed by atoms with Crippen LogP contribution >= 0.6 is 0 Å². The van der Waals surface area contributed by atoms with E-state index in [9.17, 15) is 4.79 Å².